The van der Waals surface area contributed by atoms with Crippen LogP contribution in [0.25, 0.3) is 0 Å². The van der Waals surface area contributed by atoms with Crippen LogP contribution >= 0.6 is 11.8 Å². The Bertz CT molecular complexity index is 287. The highest BCUT2D eigenvalue weighted by atomic mass is 32.2. The van der Waals surface area contributed by atoms with Gasteiger partial charge in [-0.3, -0.25) is 0 Å². The molecule has 0 aromatic carbocycles. The molecule has 3 nitrogen and oxygen atoms in total. The quantitative estimate of drug-likeness (QED) is 0.146. The van der Waals surface area contributed by atoms with Crippen LogP contribution < -0.4 is 0 Å². The van der Waals surface area contributed by atoms with E-state index in [1.165, 1.54) is 89.9 Å². The van der Waals surface area contributed by atoms with Gasteiger partial charge in [0.05, 0.1) is 5.25 Å². The first-order valence-corrected chi connectivity index (χ1v) is 12.5. The molecule has 0 N–H and O–H groups in total. The third kappa shape index (κ3) is 13.1. The lowest BCUT2D eigenvalue weighted by molar-refractivity contribution is -0.351. The fraction of sp³-hybridized carbons (Fsp3) is 1.00. The molecule has 27 heavy (non-hydrogen) atoms. The molecule has 0 radical (unpaired) electrons. The van der Waals surface area contributed by atoms with E-state index in [1.807, 2.05) is 11.8 Å². The van der Waals surface area contributed by atoms with Crippen molar-refractivity contribution >= 4 is 11.8 Å². The zero-order valence-electron chi connectivity index (χ0n) is 19.0. The highest BCUT2D eigenvalue weighted by Crippen LogP contribution is 2.33. The van der Waals surface area contributed by atoms with Crippen molar-refractivity contribution in [2.45, 2.75) is 121 Å². The van der Waals surface area contributed by atoms with E-state index >= 15 is 0 Å². The van der Waals surface area contributed by atoms with Gasteiger partial charge < -0.3 is 14.2 Å². The van der Waals surface area contributed by atoms with Crippen molar-refractivity contribution in [3.63, 3.8) is 0 Å². The largest absolute Gasteiger partial charge is 0.330 e. The van der Waals surface area contributed by atoms with Gasteiger partial charge in [-0.25, -0.2) is 0 Å². The SMILES string of the molecule is CCCCCCCCCCSC(CCCCCCCC)C(OC)(OC)OC. The van der Waals surface area contributed by atoms with Gasteiger partial charge in [0.2, 0.25) is 0 Å². The normalized spacial score (nSPS) is 13.2. The van der Waals surface area contributed by atoms with Crippen LogP contribution in [-0.2, 0) is 14.2 Å². The molecule has 0 aliphatic heterocycles. The Morgan fingerprint density at radius 2 is 1.00 bits per heavy atom. The highest BCUT2D eigenvalue weighted by Gasteiger charge is 2.39. The molecule has 1 atom stereocenters. The summed E-state index contributed by atoms with van der Waals surface area (Å²) in [6.07, 6.45) is 19.9. The lowest BCUT2D eigenvalue weighted by Gasteiger charge is -2.36. The van der Waals surface area contributed by atoms with Crippen molar-refractivity contribution in [2.24, 2.45) is 0 Å². The third-order valence-electron chi connectivity index (χ3n) is 5.38. The van der Waals surface area contributed by atoms with Gasteiger partial charge in [-0.1, -0.05) is 97.3 Å². The van der Waals surface area contributed by atoms with Crippen molar-refractivity contribution in [3.8, 4) is 0 Å². The van der Waals surface area contributed by atoms with Crippen molar-refractivity contribution in [1.29, 1.82) is 0 Å². The van der Waals surface area contributed by atoms with E-state index in [4.69, 9.17) is 14.2 Å². The van der Waals surface area contributed by atoms with Crippen LogP contribution in [0.3, 0.4) is 0 Å². The molecule has 0 aromatic heterocycles. The summed E-state index contributed by atoms with van der Waals surface area (Å²) in [5.41, 5.74) is 0. The standard InChI is InChI=1S/C23H48O3S/c1-6-8-10-12-14-15-17-19-21-27-22(23(24-3,25-4)26-5)20-18-16-13-11-9-7-2/h22H,6-21H2,1-5H3. The lowest BCUT2D eigenvalue weighted by atomic mass is 10.1. The van der Waals surface area contributed by atoms with Gasteiger partial charge in [-0.2, -0.15) is 11.8 Å². The molecule has 0 rings (SSSR count). The predicted molar refractivity (Wildman–Crippen MR) is 121 cm³/mol. The number of rotatable bonds is 21. The van der Waals surface area contributed by atoms with Gasteiger partial charge in [0.25, 0.3) is 5.97 Å². The van der Waals surface area contributed by atoms with Gasteiger partial charge in [0.15, 0.2) is 0 Å². The smallest absolute Gasteiger partial charge is 0.294 e. The Morgan fingerprint density at radius 1 is 0.593 bits per heavy atom. The molecule has 0 bridgehead atoms. The van der Waals surface area contributed by atoms with E-state index in [1.54, 1.807) is 21.3 Å². The summed E-state index contributed by atoms with van der Waals surface area (Å²) < 4.78 is 17.0. The van der Waals surface area contributed by atoms with Crippen LogP contribution in [0.1, 0.15) is 110 Å². The predicted octanol–water partition coefficient (Wildman–Crippen LogP) is 7.57. The number of methoxy groups -OCH3 is 3. The van der Waals surface area contributed by atoms with Crippen LogP contribution in [0.2, 0.25) is 0 Å². The van der Waals surface area contributed by atoms with E-state index in [0.717, 1.165) is 12.2 Å². The van der Waals surface area contributed by atoms with Gasteiger partial charge in [-0.15, -0.1) is 0 Å². The van der Waals surface area contributed by atoms with Crippen LogP contribution in [0.4, 0.5) is 0 Å². The number of ether oxygens (including phenoxy) is 3. The Balaban J connectivity index is 4.15. The molecule has 0 aromatic rings. The topological polar surface area (TPSA) is 27.7 Å². The van der Waals surface area contributed by atoms with Crippen molar-refractivity contribution in [3.05, 3.63) is 0 Å². The molecule has 1 unspecified atom stereocenters. The first-order valence-electron chi connectivity index (χ1n) is 11.5. The molecule has 0 saturated carbocycles. The Morgan fingerprint density at radius 3 is 1.44 bits per heavy atom. The minimum Gasteiger partial charge on any atom is -0.330 e. The summed E-state index contributed by atoms with van der Waals surface area (Å²) in [7, 11) is 5.08. The molecule has 0 saturated heterocycles. The molecular formula is C23H48O3S. The first kappa shape index (κ1) is 27.2. The Labute approximate surface area is 174 Å². The zero-order valence-corrected chi connectivity index (χ0v) is 19.8. The summed E-state index contributed by atoms with van der Waals surface area (Å²) in [4.78, 5) is 0. The van der Waals surface area contributed by atoms with Crippen molar-refractivity contribution < 1.29 is 14.2 Å². The Hall–Kier alpha value is 0.230. The maximum atomic E-state index is 5.66. The van der Waals surface area contributed by atoms with Gasteiger partial charge in [0.1, 0.15) is 0 Å². The van der Waals surface area contributed by atoms with E-state index in [-0.39, 0.29) is 5.25 Å². The number of unbranched alkanes of at least 4 members (excludes halogenated alkanes) is 12. The second-order valence-corrected chi connectivity index (χ2v) is 8.92. The fourth-order valence-corrected chi connectivity index (χ4v) is 5.06. The molecule has 0 fully saturated rings. The average Bonchev–Trinajstić information content (AvgIpc) is 2.70. The van der Waals surface area contributed by atoms with Crippen LogP contribution in [-0.4, -0.2) is 38.3 Å². The molecule has 164 valence electrons. The van der Waals surface area contributed by atoms with E-state index in [0.29, 0.717) is 0 Å². The molecule has 0 amide bonds. The summed E-state index contributed by atoms with van der Waals surface area (Å²) in [6, 6.07) is 0. The summed E-state index contributed by atoms with van der Waals surface area (Å²) in [5.74, 6) is 0.252. The van der Waals surface area contributed by atoms with Crippen LogP contribution in [0, 0.1) is 0 Å². The third-order valence-corrected chi connectivity index (χ3v) is 6.84. The molecule has 0 aliphatic rings. The molecule has 0 aliphatic carbocycles. The molecular weight excluding hydrogens is 356 g/mol. The monoisotopic (exact) mass is 404 g/mol. The van der Waals surface area contributed by atoms with Gasteiger partial charge >= 0.3 is 0 Å². The molecule has 4 heteroatoms. The minimum atomic E-state index is -0.908. The van der Waals surface area contributed by atoms with Crippen LogP contribution in [0.5, 0.6) is 0 Å². The highest BCUT2D eigenvalue weighted by molar-refractivity contribution is 7.99. The first-order chi connectivity index (χ1) is 13.2. The van der Waals surface area contributed by atoms with E-state index in [9.17, 15) is 0 Å². The fourth-order valence-electron chi connectivity index (χ4n) is 3.58. The maximum Gasteiger partial charge on any atom is 0.294 e. The van der Waals surface area contributed by atoms with Gasteiger partial charge in [-0.05, 0) is 18.6 Å². The van der Waals surface area contributed by atoms with Crippen LogP contribution in [0.15, 0.2) is 0 Å². The number of hydrogen-bond acceptors (Lipinski definition) is 4. The average molecular weight is 405 g/mol. The minimum absolute atomic E-state index is 0.230. The van der Waals surface area contributed by atoms with E-state index in [2.05, 4.69) is 13.8 Å². The van der Waals surface area contributed by atoms with E-state index < -0.39 is 5.97 Å². The summed E-state index contributed by atoms with van der Waals surface area (Å²) in [5, 5.41) is 0.230. The lowest BCUT2D eigenvalue weighted by Crippen LogP contribution is -2.46. The molecule has 0 heterocycles. The van der Waals surface area contributed by atoms with Crippen molar-refractivity contribution in [1.82, 2.24) is 0 Å². The second kappa shape index (κ2) is 19.5. The second-order valence-electron chi connectivity index (χ2n) is 7.61. The van der Waals surface area contributed by atoms with Gasteiger partial charge in [0, 0.05) is 21.3 Å². The molecule has 0 spiro atoms. The van der Waals surface area contributed by atoms with Crippen molar-refractivity contribution in [2.75, 3.05) is 27.1 Å². The maximum absolute atomic E-state index is 5.66. The number of hydrogen-bond donors (Lipinski definition) is 0. The summed E-state index contributed by atoms with van der Waals surface area (Å²) >= 11 is 1.97. The summed E-state index contributed by atoms with van der Waals surface area (Å²) in [6.45, 7) is 4.54. The number of thioether (sulfide) groups is 1. The zero-order chi connectivity index (χ0) is 20.2. The Kier molecular flexibility index (Phi) is 19.7.